The minimum Gasteiger partial charge on any atom is -0.491 e. The summed E-state index contributed by atoms with van der Waals surface area (Å²) in [6.07, 6.45) is 6.60. The van der Waals surface area contributed by atoms with Crippen LogP contribution in [0.3, 0.4) is 0 Å². The third kappa shape index (κ3) is 4.88. The van der Waals surface area contributed by atoms with Crippen LogP contribution in [0.2, 0.25) is 0 Å². The summed E-state index contributed by atoms with van der Waals surface area (Å²) in [4.78, 5) is 4.79. The summed E-state index contributed by atoms with van der Waals surface area (Å²) in [6.45, 7) is 3.57. The lowest BCUT2D eigenvalue weighted by Gasteiger charge is -2.40. The molecule has 1 saturated heterocycles. The van der Waals surface area contributed by atoms with Crippen LogP contribution < -0.4 is 4.74 Å². The maximum Gasteiger partial charge on any atom is 0.137 e. The minimum absolute atomic E-state index is 0.412. The molecule has 1 aromatic heterocycles. The molecule has 0 spiro atoms. The van der Waals surface area contributed by atoms with Crippen LogP contribution in [0.15, 0.2) is 36.7 Å². The summed E-state index contributed by atoms with van der Waals surface area (Å²) >= 11 is 0. The fourth-order valence-corrected chi connectivity index (χ4v) is 4.06. The molecule has 2 atom stereocenters. The Bertz CT molecular complexity index is 781. The quantitative estimate of drug-likeness (QED) is 0.753. The first-order valence-corrected chi connectivity index (χ1v) is 9.57. The summed E-state index contributed by atoms with van der Waals surface area (Å²) < 4.78 is 7.72. The van der Waals surface area contributed by atoms with Crippen LogP contribution >= 0.6 is 0 Å². The normalized spacial score (nSPS) is 20.6. The van der Waals surface area contributed by atoms with Gasteiger partial charge in [0.05, 0.1) is 11.8 Å². The monoisotopic (exact) mass is 367 g/mol. The van der Waals surface area contributed by atoms with E-state index in [1.807, 2.05) is 36.1 Å². The van der Waals surface area contributed by atoms with Crippen molar-refractivity contribution in [2.75, 3.05) is 40.3 Å². The van der Waals surface area contributed by atoms with Crippen LogP contribution in [0.1, 0.15) is 30.0 Å². The van der Waals surface area contributed by atoms with Gasteiger partial charge >= 0.3 is 0 Å². The van der Waals surface area contributed by atoms with Gasteiger partial charge in [0, 0.05) is 37.9 Å². The molecule has 1 aliphatic heterocycles. The van der Waals surface area contributed by atoms with Gasteiger partial charge in [0.1, 0.15) is 18.4 Å². The summed E-state index contributed by atoms with van der Waals surface area (Å²) in [7, 11) is 6.34. The second-order valence-electron chi connectivity index (χ2n) is 7.49. The van der Waals surface area contributed by atoms with Gasteiger partial charge < -0.3 is 9.64 Å². The van der Waals surface area contributed by atoms with Crippen molar-refractivity contribution >= 4 is 0 Å². The van der Waals surface area contributed by atoms with E-state index in [0.29, 0.717) is 29.9 Å². The zero-order valence-corrected chi connectivity index (χ0v) is 16.5. The number of piperidine rings is 1. The number of nitriles is 1. The van der Waals surface area contributed by atoms with Crippen molar-refractivity contribution in [2.45, 2.75) is 18.9 Å². The average molecular weight is 367 g/mol. The fourth-order valence-electron chi connectivity index (χ4n) is 4.06. The first kappa shape index (κ1) is 19.4. The molecule has 6 nitrogen and oxygen atoms in total. The second-order valence-corrected chi connectivity index (χ2v) is 7.49. The molecule has 0 N–H and O–H groups in total. The standard InChI is InChI=1S/C21H29N5O/c1-24(11-12-27-20-9-5-4-7-17(20)13-22)15-18-8-6-10-25(2)21(18)19-14-23-26(3)16-19/h4-5,7,9,14,16,18,21H,6,8,10-12,15H2,1-3H3/t18-,21+/m0/s1. The van der Waals surface area contributed by atoms with Gasteiger partial charge in [-0.05, 0) is 51.5 Å². The summed E-state index contributed by atoms with van der Waals surface area (Å²) in [5.74, 6) is 1.24. The molecule has 0 unspecified atom stereocenters. The van der Waals surface area contributed by atoms with Crippen LogP contribution in [0.25, 0.3) is 0 Å². The van der Waals surface area contributed by atoms with E-state index in [4.69, 9.17) is 10.00 Å². The molecule has 27 heavy (non-hydrogen) atoms. The summed E-state index contributed by atoms with van der Waals surface area (Å²) in [6, 6.07) is 9.99. The first-order valence-electron chi connectivity index (χ1n) is 9.57. The fraction of sp³-hybridized carbons (Fsp3) is 0.524. The van der Waals surface area contributed by atoms with Crippen LogP contribution in [-0.2, 0) is 7.05 Å². The van der Waals surface area contributed by atoms with Gasteiger partial charge in [0.2, 0.25) is 0 Å². The van der Waals surface area contributed by atoms with E-state index in [1.165, 1.54) is 18.4 Å². The minimum atomic E-state index is 0.412. The molecule has 6 heteroatoms. The highest BCUT2D eigenvalue weighted by Gasteiger charge is 2.31. The van der Waals surface area contributed by atoms with E-state index in [9.17, 15) is 0 Å². The number of hydrogen-bond acceptors (Lipinski definition) is 5. The van der Waals surface area contributed by atoms with Gasteiger partial charge in [-0.1, -0.05) is 12.1 Å². The lowest BCUT2D eigenvalue weighted by Crippen LogP contribution is -2.41. The number of likely N-dealkylation sites (N-methyl/N-ethyl adjacent to an activating group) is 1. The number of nitrogens with zero attached hydrogens (tertiary/aromatic N) is 5. The number of rotatable bonds is 7. The molecular weight excluding hydrogens is 338 g/mol. The van der Waals surface area contributed by atoms with E-state index >= 15 is 0 Å². The highest BCUT2D eigenvalue weighted by atomic mass is 16.5. The van der Waals surface area contributed by atoms with Gasteiger partial charge in [-0.3, -0.25) is 9.58 Å². The predicted molar refractivity (Wildman–Crippen MR) is 105 cm³/mol. The number of aryl methyl sites for hydroxylation is 1. The molecule has 0 bridgehead atoms. The van der Waals surface area contributed by atoms with Crippen LogP contribution in [-0.4, -0.2) is 59.9 Å². The molecule has 2 heterocycles. The third-order valence-electron chi connectivity index (χ3n) is 5.36. The van der Waals surface area contributed by atoms with Crippen LogP contribution in [0, 0.1) is 17.2 Å². The molecule has 1 aromatic carbocycles. The first-order chi connectivity index (χ1) is 13.1. The zero-order valence-electron chi connectivity index (χ0n) is 16.5. The lowest BCUT2D eigenvalue weighted by atomic mass is 9.86. The Morgan fingerprint density at radius 1 is 1.33 bits per heavy atom. The number of hydrogen-bond donors (Lipinski definition) is 0. The maximum atomic E-state index is 9.16. The van der Waals surface area contributed by atoms with Gasteiger partial charge in [-0.15, -0.1) is 0 Å². The van der Waals surface area contributed by atoms with E-state index in [0.717, 1.165) is 19.6 Å². The lowest BCUT2D eigenvalue weighted by molar-refractivity contribution is 0.0901. The van der Waals surface area contributed by atoms with Crippen molar-refractivity contribution in [3.63, 3.8) is 0 Å². The Hall–Kier alpha value is -2.36. The number of para-hydroxylation sites is 1. The molecule has 0 saturated carbocycles. The molecule has 0 radical (unpaired) electrons. The number of aromatic nitrogens is 2. The molecule has 1 fully saturated rings. The summed E-state index contributed by atoms with van der Waals surface area (Å²) in [5.41, 5.74) is 1.89. The van der Waals surface area contributed by atoms with Crippen molar-refractivity contribution in [3.8, 4) is 11.8 Å². The molecule has 1 aliphatic rings. The maximum absolute atomic E-state index is 9.16. The van der Waals surface area contributed by atoms with Crippen molar-refractivity contribution in [1.82, 2.24) is 19.6 Å². The van der Waals surface area contributed by atoms with Crippen LogP contribution in [0.5, 0.6) is 5.75 Å². The molecule has 144 valence electrons. The van der Waals surface area contributed by atoms with Gasteiger partial charge in [-0.25, -0.2) is 0 Å². The molecule has 2 aromatic rings. The van der Waals surface area contributed by atoms with Gasteiger partial charge in [0.15, 0.2) is 0 Å². The van der Waals surface area contributed by atoms with Gasteiger partial charge in [-0.2, -0.15) is 10.4 Å². The topological polar surface area (TPSA) is 57.3 Å². The SMILES string of the molecule is CN(CCOc1ccccc1C#N)C[C@@H]1CCCN(C)[C@H]1c1cnn(C)c1. The highest BCUT2D eigenvalue weighted by molar-refractivity contribution is 5.42. The summed E-state index contributed by atoms with van der Waals surface area (Å²) in [5, 5.41) is 13.5. The number of ether oxygens (including phenoxy) is 1. The Kier molecular flexibility index (Phi) is 6.49. The smallest absolute Gasteiger partial charge is 0.137 e. The Labute approximate surface area is 161 Å². The van der Waals surface area contributed by atoms with Gasteiger partial charge in [0.25, 0.3) is 0 Å². The van der Waals surface area contributed by atoms with Crippen molar-refractivity contribution in [1.29, 1.82) is 5.26 Å². The second kappa shape index (κ2) is 9.03. The number of likely N-dealkylation sites (tertiary alicyclic amines) is 1. The molecular formula is C21H29N5O. The van der Waals surface area contributed by atoms with Crippen LogP contribution in [0.4, 0.5) is 0 Å². The van der Waals surface area contributed by atoms with Crippen molar-refractivity contribution in [2.24, 2.45) is 13.0 Å². The Morgan fingerprint density at radius 2 is 2.15 bits per heavy atom. The van der Waals surface area contributed by atoms with Crippen molar-refractivity contribution in [3.05, 3.63) is 47.8 Å². The molecule has 0 amide bonds. The predicted octanol–water partition coefficient (Wildman–Crippen LogP) is 2.69. The Morgan fingerprint density at radius 3 is 2.89 bits per heavy atom. The Balaban J connectivity index is 1.55. The number of benzene rings is 1. The molecule has 0 aliphatic carbocycles. The van der Waals surface area contributed by atoms with E-state index in [-0.39, 0.29) is 0 Å². The third-order valence-corrected chi connectivity index (χ3v) is 5.36. The van der Waals surface area contributed by atoms with E-state index in [1.54, 1.807) is 6.07 Å². The average Bonchev–Trinajstić information content (AvgIpc) is 3.08. The van der Waals surface area contributed by atoms with E-state index < -0.39 is 0 Å². The highest BCUT2D eigenvalue weighted by Crippen LogP contribution is 2.35. The zero-order chi connectivity index (χ0) is 19.2. The molecule has 3 rings (SSSR count). The van der Waals surface area contributed by atoms with E-state index in [2.05, 4.69) is 41.3 Å². The largest absolute Gasteiger partial charge is 0.491 e. The van der Waals surface area contributed by atoms with Crippen molar-refractivity contribution < 1.29 is 4.74 Å².